The molecule has 0 saturated carbocycles. The Bertz CT molecular complexity index is 772. The lowest BCUT2D eigenvalue weighted by Crippen LogP contribution is -1.97. The molecule has 2 aromatic heterocycles. The van der Waals surface area contributed by atoms with Gasteiger partial charge in [0.25, 0.3) is 0 Å². The molecule has 0 spiro atoms. The van der Waals surface area contributed by atoms with Crippen molar-refractivity contribution in [2.24, 2.45) is 0 Å². The Morgan fingerprint density at radius 3 is 2.50 bits per heavy atom. The molecule has 0 N–H and O–H groups in total. The van der Waals surface area contributed by atoms with E-state index in [2.05, 4.69) is 38.1 Å². The van der Waals surface area contributed by atoms with Gasteiger partial charge in [-0.25, -0.2) is 9.50 Å². The molecule has 0 aliphatic carbocycles. The van der Waals surface area contributed by atoms with Crippen LogP contribution in [0.25, 0.3) is 16.9 Å². The molecule has 0 amide bonds. The van der Waals surface area contributed by atoms with Gasteiger partial charge in [-0.15, -0.1) is 0 Å². The minimum Gasteiger partial charge on any atom is -0.496 e. The lowest BCUT2D eigenvalue weighted by Gasteiger charge is -2.11. The number of aryl methyl sites for hydroxylation is 2. The van der Waals surface area contributed by atoms with Crippen molar-refractivity contribution in [1.82, 2.24) is 14.6 Å². The summed E-state index contributed by atoms with van der Waals surface area (Å²) in [6, 6.07) is 8.12. The Labute approximate surface area is 125 Å². The van der Waals surface area contributed by atoms with Crippen LogP contribution in [0.2, 0.25) is 0 Å². The van der Waals surface area contributed by atoms with Gasteiger partial charge in [0.2, 0.25) is 0 Å². The summed E-state index contributed by atoms with van der Waals surface area (Å²) in [5.41, 5.74) is 5.01. The van der Waals surface area contributed by atoms with E-state index in [1.165, 1.54) is 0 Å². The van der Waals surface area contributed by atoms with Crippen molar-refractivity contribution in [2.45, 2.75) is 13.8 Å². The van der Waals surface area contributed by atoms with Gasteiger partial charge in [0.1, 0.15) is 10.4 Å². The van der Waals surface area contributed by atoms with E-state index in [0.717, 1.165) is 38.4 Å². The average Bonchev–Trinajstić information content (AvgIpc) is 2.79. The lowest BCUT2D eigenvalue weighted by molar-refractivity contribution is 0.408. The first-order chi connectivity index (χ1) is 9.60. The standard InChI is InChI=1S/C15H14BrN3O/c1-9-6-11(7-10(2)15(9)20-3)12-4-5-14-17-8-13(16)19(14)18-12/h4-8H,1-3H3. The zero-order valence-electron chi connectivity index (χ0n) is 11.5. The highest BCUT2D eigenvalue weighted by molar-refractivity contribution is 9.10. The topological polar surface area (TPSA) is 39.4 Å². The first-order valence-corrected chi connectivity index (χ1v) is 7.05. The number of hydrogen-bond donors (Lipinski definition) is 0. The van der Waals surface area contributed by atoms with E-state index < -0.39 is 0 Å². The molecule has 1 aromatic carbocycles. The third-order valence-corrected chi connectivity index (χ3v) is 3.82. The summed E-state index contributed by atoms with van der Waals surface area (Å²) in [7, 11) is 1.70. The van der Waals surface area contributed by atoms with Gasteiger partial charge >= 0.3 is 0 Å². The zero-order chi connectivity index (χ0) is 14.3. The number of rotatable bonds is 2. The number of nitrogens with zero attached hydrogens (tertiary/aromatic N) is 3. The van der Waals surface area contributed by atoms with Crippen molar-refractivity contribution in [3.63, 3.8) is 0 Å². The van der Waals surface area contributed by atoms with Gasteiger partial charge in [-0.1, -0.05) is 0 Å². The lowest BCUT2D eigenvalue weighted by atomic mass is 10.0. The van der Waals surface area contributed by atoms with E-state index in [4.69, 9.17) is 4.74 Å². The summed E-state index contributed by atoms with van der Waals surface area (Å²) in [4.78, 5) is 4.25. The monoisotopic (exact) mass is 331 g/mol. The molecule has 0 bridgehead atoms. The summed E-state index contributed by atoms with van der Waals surface area (Å²) < 4.78 is 8.03. The van der Waals surface area contributed by atoms with Gasteiger partial charge in [0.15, 0.2) is 5.65 Å². The van der Waals surface area contributed by atoms with Crippen LogP contribution >= 0.6 is 15.9 Å². The van der Waals surface area contributed by atoms with Crippen LogP contribution in [0.3, 0.4) is 0 Å². The summed E-state index contributed by atoms with van der Waals surface area (Å²) in [5.74, 6) is 0.929. The normalized spacial score (nSPS) is 11.0. The molecule has 0 saturated heterocycles. The summed E-state index contributed by atoms with van der Waals surface area (Å²) in [6.45, 7) is 4.09. The maximum atomic E-state index is 5.40. The summed E-state index contributed by atoms with van der Waals surface area (Å²) >= 11 is 3.44. The Morgan fingerprint density at radius 2 is 1.85 bits per heavy atom. The molecule has 0 fully saturated rings. The molecular weight excluding hydrogens is 318 g/mol. The number of halogens is 1. The molecule has 4 nitrogen and oxygen atoms in total. The van der Waals surface area contributed by atoms with Crippen LogP contribution in [0.4, 0.5) is 0 Å². The minimum atomic E-state index is 0.822. The zero-order valence-corrected chi connectivity index (χ0v) is 13.1. The van der Waals surface area contributed by atoms with E-state index >= 15 is 0 Å². The molecule has 2 heterocycles. The molecule has 102 valence electrons. The van der Waals surface area contributed by atoms with Crippen molar-refractivity contribution in [3.8, 4) is 17.0 Å². The number of hydrogen-bond acceptors (Lipinski definition) is 3. The van der Waals surface area contributed by atoms with Crippen LogP contribution < -0.4 is 4.74 Å². The Hall–Kier alpha value is -1.88. The number of methoxy groups -OCH3 is 1. The first-order valence-electron chi connectivity index (χ1n) is 6.26. The van der Waals surface area contributed by atoms with E-state index in [-0.39, 0.29) is 0 Å². The second kappa shape index (κ2) is 4.90. The predicted octanol–water partition coefficient (Wildman–Crippen LogP) is 3.78. The van der Waals surface area contributed by atoms with E-state index in [1.54, 1.807) is 17.8 Å². The van der Waals surface area contributed by atoms with Crippen LogP contribution in [0.15, 0.2) is 35.1 Å². The van der Waals surface area contributed by atoms with Gasteiger partial charge in [0, 0.05) is 5.56 Å². The van der Waals surface area contributed by atoms with Gasteiger partial charge in [-0.05, 0) is 65.2 Å². The molecule has 0 unspecified atom stereocenters. The highest BCUT2D eigenvalue weighted by Crippen LogP contribution is 2.29. The third-order valence-electron chi connectivity index (χ3n) is 3.28. The van der Waals surface area contributed by atoms with Crippen molar-refractivity contribution >= 4 is 21.6 Å². The minimum absolute atomic E-state index is 0.822. The van der Waals surface area contributed by atoms with Gasteiger partial charge in [0.05, 0.1) is 19.0 Å². The largest absolute Gasteiger partial charge is 0.496 e. The van der Waals surface area contributed by atoms with Crippen molar-refractivity contribution in [2.75, 3.05) is 7.11 Å². The number of imidazole rings is 1. The quantitative estimate of drug-likeness (QED) is 0.717. The van der Waals surface area contributed by atoms with Crippen LogP contribution in [-0.2, 0) is 0 Å². The molecule has 5 heteroatoms. The number of benzene rings is 1. The van der Waals surface area contributed by atoms with E-state index in [0.29, 0.717) is 0 Å². The van der Waals surface area contributed by atoms with Crippen LogP contribution in [-0.4, -0.2) is 21.7 Å². The third kappa shape index (κ3) is 2.08. The molecule has 0 aliphatic rings. The van der Waals surface area contributed by atoms with Crippen LogP contribution in [0, 0.1) is 13.8 Å². The fraction of sp³-hybridized carbons (Fsp3) is 0.200. The smallest absolute Gasteiger partial charge is 0.154 e. The van der Waals surface area contributed by atoms with Gasteiger partial charge in [-0.2, -0.15) is 5.10 Å². The Kier molecular flexibility index (Phi) is 3.22. The highest BCUT2D eigenvalue weighted by atomic mass is 79.9. The second-order valence-corrected chi connectivity index (χ2v) is 5.53. The maximum absolute atomic E-state index is 5.40. The fourth-order valence-corrected chi connectivity index (χ4v) is 2.78. The van der Waals surface area contributed by atoms with E-state index in [9.17, 15) is 0 Å². The molecule has 0 aliphatic heterocycles. The van der Waals surface area contributed by atoms with Crippen LogP contribution in [0.5, 0.6) is 5.75 Å². The van der Waals surface area contributed by atoms with Crippen molar-refractivity contribution < 1.29 is 4.74 Å². The van der Waals surface area contributed by atoms with E-state index in [1.807, 2.05) is 26.0 Å². The first kappa shape index (κ1) is 13.1. The van der Waals surface area contributed by atoms with Gasteiger partial charge < -0.3 is 4.74 Å². The number of ether oxygens (including phenoxy) is 1. The Balaban J connectivity index is 2.17. The number of fused-ring (bicyclic) bond motifs is 1. The molecule has 20 heavy (non-hydrogen) atoms. The Morgan fingerprint density at radius 1 is 1.15 bits per heavy atom. The molecule has 3 aromatic rings. The fourth-order valence-electron chi connectivity index (χ4n) is 2.42. The van der Waals surface area contributed by atoms with Crippen molar-refractivity contribution in [1.29, 1.82) is 0 Å². The van der Waals surface area contributed by atoms with Gasteiger partial charge in [-0.3, -0.25) is 0 Å². The molecular formula is C15H14BrN3O. The molecule has 3 rings (SSSR count). The molecule has 0 atom stereocenters. The van der Waals surface area contributed by atoms with Crippen molar-refractivity contribution in [3.05, 3.63) is 46.2 Å². The molecule has 0 radical (unpaired) electrons. The predicted molar refractivity (Wildman–Crippen MR) is 82.1 cm³/mol. The SMILES string of the molecule is COc1c(C)cc(-c2ccc3ncc(Br)n3n2)cc1C. The van der Waals surface area contributed by atoms with Crippen LogP contribution in [0.1, 0.15) is 11.1 Å². The second-order valence-electron chi connectivity index (χ2n) is 4.71. The number of aromatic nitrogens is 3. The summed E-state index contributed by atoms with van der Waals surface area (Å²) in [5, 5.41) is 4.61. The maximum Gasteiger partial charge on any atom is 0.154 e. The summed E-state index contributed by atoms with van der Waals surface area (Å²) in [6.07, 6.45) is 1.75. The highest BCUT2D eigenvalue weighted by Gasteiger charge is 2.09. The average molecular weight is 332 g/mol.